The van der Waals surface area contributed by atoms with Gasteiger partial charge in [-0.3, -0.25) is 4.79 Å². The van der Waals surface area contributed by atoms with Gasteiger partial charge in [0.2, 0.25) is 5.91 Å². The number of piperidine rings is 1. The van der Waals surface area contributed by atoms with Crippen LogP contribution < -0.4 is 10.6 Å². The summed E-state index contributed by atoms with van der Waals surface area (Å²) in [5.74, 6) is 0.356. The van der Waals surface area contributed by atoms with Gasteiger partial charge in [-0.15, -0.1) is 11.3 Å². The van der Waals surface area contributed by atoms with E-state index in [1.165, 1.54) is 10.4 Å². The standard InChI is InChI=1S/C12H18N2OS/c1-9-4-6-16-11(9)8-14-12(15)10-3-2-5-13-7-10/h4,6,10,13H,2-3,5,7-8H2,1H3,(H,14,15)/t10-/m1/s1. The third-order valence-corrected chi connectivity index (χ3v) is 4.08. The summed E-state index contributed by atoms with van der Waals surface area (Å²) in [7, 11) is 0. The maximum atomic E-state index is 11.9. The number of carbonyl (C=O) groups excluding carboxylic acids is 1. The number of carbonyl (C=O) groups is 1. The van der Waals surface area contributed by atoms with Gasteiger partial charge in [-0.25, -0.2) is 0 Å². The second-order valence-electron chi connectivity index (χ2n) is 4.29. The van der Waals surface area contributed by atoms with Crippen LogP contribution in [-0.4, -0.2) is 19.0 Å². The molecule has 0 bridgehead atoms. The van der Waals surface area contributed by atoms with E-state index < -0.39 is 0 Å². The van der Waals surface area contributed by atoms with Gasteiger partial charge in [0.25, 0.3) is 0 Å². The molecule has 0 saturated carbocycles. The van der Waals surface area contributed by atoms with Crippen molar-refractivity contribution >= 4 is 17.2 Å². The molecule has 1 aromatic heterocycles. The van der Waals surface area contributed by atoms with Crippen LogP contribution >= 0.6 is 11.3 Å². The lowest BCUT2D eigenvalue weighted by Crippen LogP contribution is -2.40. The second kappa shape index (κ2) is 5.46. The van der Waals surface area contributed by atoms with Gasteiger partial charge in [0.05, 0.1) is 12.5 Å². The lowest BCUT2D eigenvalue weighted by atomic mass is 9.99. The van der Waals surface area contributed by atoms with E-state index in [1.54, 1.807) is 11.3 Å². The molecule has 2 heterocycles. The molecule has 1 aromatic rings. The molecular weight excluding hydrogens is 220 g/mol. The number of aryl methyl sites for hydroxylation is 1. The Morgan fingerprint density at radius 2 is 2.56 bits per heavy atom. The Bertz CT molecular complexity index is 356. The number of hydrogen-bond acceptors (Lipinski definition) is 3. The van der Waals surface area contributed by atoms with Crippen LogP contribution in [-0.2, 0) is 11.3 Å². The van der Waals surface area contributed by atoms with Gasteiger partial charge in [0.15, 0.2) is 0 Å². The highest BCUT2D eigenvalue weighted by atomic mass is 32.1. The number of hydrogen-bond donors (Lipinski definition) is 2. The first-order valence-corrected chi connectivity index (χ1v) is 6.66. The first kappa shape index (κ1) is 11.6. The van der Waals surface area contributed by atoms with E-state index >= 15 is 0 Å². The zero-order valence-corrected chi connectivity index (χ0v) is 10.4. The SMILES string of the molecule is Cc1ccsc1CNC(=O)[C@@H]1CCCNC1. The van der Waals surface area contributed by atoms with Gasteiger partial charge in [-0.1, -0.05) is 0 Å². The van der Waals surface area contributed by atoms with Crippen molar-refractivity contribution in [1.29, 1.82) is 0 Å². The van der Waals surface area contributed by atoms with Crippen LogP contribution in [0.1, 0.15) is 23.3 Å². The molecule has 0 unspecified atom stereocenters. The van der Waals surface area contributed by atoms with E-state index in [0.29, 0.717) is 6.54 Å². The average Bonchev–Trinajstić information content (AvgIpc) is 2.73. The Morgan fingerprint density at radius 1 is 1.69 bits per heavy atom. The summed E-state index contributed by atoms with van der Waals surface area (Å²) in [6.07, 6.45) is 2.12. The third-order valence-electron chi connectivity index (χ3n) is 3.06. The van der Waals surface area contributed by atoms with Crippen LogP contribution in [0.15, 0.2) is 11.4 Å². The normalized spacial score (nSPS) is 20.7. The number of nitrogens with one attached hydrogen (secondary N) is 2. The largest absolute Gasteiger partial charge is 0.351 e. The van der Waals surface area contributed by atoms with E-state index in [1.807, 2.05) is 0 Å². The molecule has 2 N–H and O–H groups in total. The first-order chi connectivity index (χ1) is 7.77. The minimum absolute atomic E-state index is 0.161. The number of thiophene rings is 1. The molecule has 1 saturated heterocycles. The zero-order valence-electron chi connectivity index (χ0n) is 9.58. The summed E-state index contributed by atoms with van der Waals surface area (Å²) in [4.78, 5) is 13.1. The summed E-state index contributed by atoms with van der Waals surface area (Å²) < 4.78 is 0. The van der Waals surface area contributed by atoms with Crippen molar-refractivity contribution in [2.24, 2.45) is 5.92 Å². The predicted molar refractivity (Wildman–Crippen MR) is 66.5 cm³/mol. The lowest BCUT2D eigenvalue weighted by Gasteiger charge is -2.21. The zero-order chi connectivity index (χ0) is 11.4. The summed E-state index contributed by atoms with van der Waals surface area (Å²) >= 11 is 1.71. The van der Waals surface area contributed by atoms with Crippen molar-refractivity contribution in [3.63, 3.8) is 0 Å². The molecule has 0 aromatic carbocycles. The van der Waals surface area contributed by atoms with Crippen molar-refractivity contribution < 1.29 is 4.79 Å². The Balaban J connectivity index is 1.81. The van der Waals surface area contributed by atoms with Crippen LogP contribution in [0.2, 0.25) is 0 Å². The highest BCUT2D eigenvalue weighted by Crippen LogP contribution is 2.16. The van der Waals surface area contributed by atoms with Crippen LogP contribution in [0.5, 0.6) is 0 Å². The van der Waals surface area contributed by atoms with Gasteiger partial charge in [0.1, 0.15) is 0 Å². The van der Waals surface area contributed by atoms with E-state index in [0.717, 1.165) is 25.9 Å². The van der Waals surface area contributed by atoms with Gasteiger partial charge in [0, 0.05) is 11.4 Å². The van der Waals surface area contributed by atoms with Gasteiger partial charge in [-0.05, 0) is 43.3 Å². The van der Waals surface area contributed by atoms with E-state index in [9.17, 15) is 4.79 Å². The minimum Gasteiger partial charge on any atom is -0.351 e. The second-order valence-corrected chi connectivity index (χ2v) is 5.29. The molecule has 1 aliphatic rings. The third kappa shape index (κ3) is 2.83. The quantitative estimate of drug-likeness (QED) is 0.841. The lowest BCUT2D eigenvalue weighted by molar-refractivity contribution is -0.125. The Labute approximate surface area is 100 Å². The average molecular weight is 238 g/mol. The highest BCUT2D eigenvalue weighted by Gasteiger charge is 2.20. The Hall–Kier alpha value is -0.870. The minimum atomic E-state index is 0.161. The molecular formula is C12H18N2OS. The molecule has 1 fully saturated rings. The smallest absolute Gasteiger partial charge is 0.224 e. The Kier molecular flexibility index (Phi) is 3.96. The van der Waals surface area contributed by atoms with E-state index in [2.05, 4.69) is 29.0 Å². The molecule has 1 aliphatic heterocycles. The molecule has 3 nitrogen and oxygen atoms in total. The molecule has 88 valence electrons. The molecule has 0 radical (unpaired) electrons. The van der Waals surface area contributed by atoms with Gasteiger partial charge < -0.3 is 10.6 Å². The number of rotatable bonds is 3. The molecule has 2 rings (SSSR count). The molecule has 0 aliphatic carbocycles. The summed E-state index contributed by atoms with van der Waals surface area (Å²) in [6.45, 7) is 4.64. The molecule has 1 amide bonds. The van der Waals surface area contributed by atoms with Crippen LogP contribution in [0.4, 0.5) is 0 Å². The van der Waals surface area contributed by atoms with Crippen molar-refractivity contribution in [3.8, 4) is 0 Å². The summed E-state index contributed by atoms with van der Waals surface area (Å²) in [5.41, 5.74) is 1.27. The van der Waals surface area contributed by atoms with Crippen molar-refractivity contribution in [3.05, 3.63) is 21.9 Å². The monoisotopic (exact) mass is 238 g/mol. The predicted octanol–water partition coefficient (Wildman–Crippen LogP) is 1.67. The maximum absolute atomic E-state index is 11.9. The maximum Gasteiger partial charge on any atom is 0.224 e. The van der Waals surface area contributed by atoms with Crippen LogP contribution in [0.25, 0.3) is 0 Å². The highest BCUT2D eigenvalue weighted by molar-refractivity contribution is 7.10. The van der Waals surface area contributed by atoms with Crippen LogP contribution in [0.3, 0.4) is 0 Å². The number of amides is 1. The molecule has 1 atom stereocenters. The topological polar surface area (TPSA) is 41.1 Å². The molecule has 4 heteroatoms. The van der Waals surface area contributed by atoms with Crippen molar-refractivity contribution in [2.75, 3.05) is 13.1 Å². The fourth-order valence-electron chi connectivity index (χ4n) is 1.97. The van der Waals surface area contributed by atoms with Crippen molar-refractivity contribution in [2.45, 2.75) is 26.3 Å². The fraction of sp³-hybridized carbons (Fsp3) is 0.583. The van der Waals surface area contributed by atoms with Crippen molar-refractivity contribution in [1.82, 2.24) is 10.6 Å². The summed E-state index contributed by atoms with van der Waals surface area (Å²) in [5, 5.41) is 8.36. The summed E-state index contributed by atoms with van der Waals surface area (Å²) in [6, 6.07) is 2.09. The molecule has 0 spiro atoms. The van der Waals surface area contributed by atoms with Gasteiger partial charge >= 0.3 is 0 Å². The van der Waals surface area contributed by atoms with Crippen LogP contribution in [0, 0.1) is 12.8 Å². The Morgan fingerprint density at radius 3 is 3.19 bits per heavy atom. The fourth-order valence-corrected chi connectivity index (χ4v) is 2.82. The first-order valence-electron chi connectivity index (χ1n) is 5.79. The molecule has 16 heavy (non-hydrogen) atoms. The van der Waals surface area contributed by atoms with E-state index in [-0.39, 0.29) is 11.8 Å². The van der Waals surface area contributed by atoms with E-state index in [4.69, 9.17) is 0 Å². The van der Waals surface area contributed by atoms with Gasteiger partial charge in [-0.2, -0.15) is 0 Å².